The van der Waals surface area contributed by atoms with Crippen LogP contribution in [0.25, 0.3) is 5.76 Å². The van der Waals surface area contributed by atoms with Gasteiger partial charge < -0.3 is 53.1 Å². The van der Waals surface area contributed by atoms with E-state index in [4.69, 9.17) is 24.3 Å². The average molecular weight is 1750 g/mol. The van der Waals surface area contributed by atoms with E-state index in [0.29, 0.717) is 119 Å². The molecule has 6 aromatic rings. The van der Waals surface area contributed by atoms with Crippen molar-refractivity contribution in [1.82, 2.24) is 19.6 Å². The molecule has 3 aliphatic heterocycles. The molecule has 0 aromatic heterocycles. The van der Waals surface area contributed by atoms with Crippen LogP contribution in [0.3, 0.4) is 0 Å². The highest BCUT2D eigenvalue weighted by Crippen LogP contribution is 2.48. The number of alkyl halides is 9. The highest BCUT2D eigenvalue weighted by Gasteiger charge is 2.53. The number of aliphatic carboxylic acids is 1. The van der Waals surface area contributed by atoms with Crippen molar-refractivity contribution < 1.29 is 128 Å². The zero-order chi connectivity index (χ0) is 88.7. The first-order valence-corrected chi connectivity index (χ1v) is 42.3. The van der Waals surface area contributed by atoms with E-state index in [1.54, 1.807) is 84.0 Å². The summed E-state index contributed by atoms with van der Waals surface area (Å²) in [4.78, 5) is 82.9. The number of halogens is 9. The number of carbonyl (C=O) groups is 6. The average Bonchev–Trinajstić information content (AvgIpc) is 1.20. The molecule has 0 saturated carbocycles. The summed E-state index contributed by atoms with van der Waals surface area (Å²) in [5, 5.41) is 27.3. The van der Waals surface area contributed by atoms with Gasteiger partial charge in [0.1, 0.15) is 23.6 Å². The van der Waals surface area contributed by atoms with Gasteiger partial charge in [-0.15, -0.1) is 22.4 Å². The zero-order valence-electron chi connectivity index (χ0n) is 67.7. The summed E-state index contributed by atoms with van der Waals surface area (Å²) >= 11 is -0.782. The van der Waals surface area contributed by atoms with Crippen LogP contribution >= 0.6 is 12.2 Å². The minimum atomic E-state index is -5.99. The van der Waals surface area contributed by atoms with Crippen LogP contribution < -0.4 is 9.17 Å². The largest absolute Gasteiger partial charge is 0.550 e. The molecule has 3 saturated heterocycles. The van der Waals surface area contributed by atoms with Gasteiger partial charge in [-0.05, 0) is 207 Å². The third-order valence-corrected chi connectivity index (χ3v) is 23.6. The predicted octanol–water partition coefficient (Wildman–Crippen LogP) is 16.8. The third kappa shape index (κ3) is 29.5. The van der Waals surface area contributed by atoms with Crippen molar-refractivity contribution in [3.8, 4) is 0 Å². The maximum Gasteiger partial charge on any atom is 0.550 e. The number of benzene rings is 6. The van der Waals surface area contributed by atoms with Crippen molar-refractivity contribution in [2.75, 3.05) is 56.1 Å². The molecule has 5 aliphatic rings. The zero-order valence-corrected chi connectivity index (χ0v) is 70.2. The van der Waals surface area contributed by atoms with Crippen LogP contribution in [0.2, 0.25) is 0 Å². The lowest BCUT2D eigenvalue weighted by Gasteiger charge is -2.36. The number of ketones is 1. The molecule has 4 amide bonds. The maximum atomic E-state index is 12.9. The van der Waals surface area contributed by atoms with E-state index in [2.05, 4.69) is 19.5 Å². The van der Waals surface area contributed by atoms with Crippen LogP contribution in [0.4, 0.5) is 59.6 Å². The molecular formula is C83H101BF9N5O19S3. The van der Waals surface area contributed by atoms with E-state index in [9.17, 15) is 90.2 Å². The number of carboxylic acids is 1. The van der Waals surface area contributed by atoms with Crippen molar-refractivity contribution in [2.24, 2.45) is 16.2 Å². The smallest absolute Gasteiger partial charge is 0.481 e. The number of sulfonamides is 1. The molecule has 3 atom stereocenters. The minimum Gasteiger partial charge on any atom is -0.481 e. The molecule has 11 rings (SSSR count). The van der Waals surface area contributed by atoms with E-state index in [-0.39, 0.29) is 53.5 Å². The molecule has 0 bridgehead atoms. The second-order valence-corrected chi connectivity index (χ2v) is 35.7. The molecule has 3 N–H and O–H groups in total. The highest BCUT2D eigenvalue weighted by molar-refractivity contribution is 8.12. The number of rotatable bonds is 17. The molecule has 656 valence electrons. The summed E-state index contributed by atoms with van der Waals surface area (Å²) in [7, 11) is -13.3. The summed E-state index contributed by atoms with van der Waals surface area (Å²) in [5.74, 6) is -0.882. The van der Waals surface area contributed by atoms with Crippen molar-refractivity contribution in [3.05, 3.63) is 209 Å². The van der Waals surface area contributed by atoms with Crippen LogP contribution in [0, 0.1) is 16.2 Å². The number of carbonyl (C=O) groups excluding carboxylic acids is 5. The second-order valence-electron chi connectivity index (χ2n) is 31.5. The number of Topliss-reactive ketones (excluding diaryl/α,β-unsaturated/α-hetero) is 1. The lowest BCUT2D eigenvalue weighted by atomic mass is 9.67. The molecule has 0 radical (unpaired) electrons. The van der Waals surface area contributed by atoms with Crippen LogP contribution in [-0.4, -0.2) is 176 Å². The summed E-state index contributed by atoms with van der Waals surface area (Å²) in [6, 6.07) is 46.1. The molecule has 2 spiro atoms. The number of ether oxygens (including phenoxy) is 3. The SMILES string of the molecule is CC(C)(C)OC(=O)N1CCCC2(C=C(OS(=O)(=O)C(F)(F)F)c3ccccc3C2)CC1.CC(C)(C)OC(=O)N1CCCC2(CC1)CC(=O)c1ccccc1C2.CCN(CC)C(=O)c1ccc(B(O)O)cc1.O=C(O)CC1(Cc2ccccc2)CCCN(C(=O)OCc2ccccc2)CC1.O=S(=O)(N(SOOC(F)(F)F)c1ccccc1)C(F)(F)F. The number of carboxylic acid groups (broad SMARTS) is 1. The molecule has 37 heteroatoms. The van der Waals surface area contributed by atoms with Crippen molar-refractivity contribution >= 4 is 92.3 Å². The molecule has 2 aliphatic carbocycles. The fourth-order valence-corrected chi connectivity index (χ4v) is 16.5. The Balaban J connectivity index is 0.000000210. The van der Waals surface area contributed by atoms with Gasteiger partial charge in [-0.1, -0.05) is 140 Å². The van der Waals surface area contributed by atoms with Gasteiger partial charge in [-0.3, -0.25) is 14.4 Å². The molecule has 120 heavy (non-hydrogen) atoms. The Hall–Kier alpha value is -9.40. The van der Waals surface area contributed by atoms with Gasteiger partial charge in [0.2, 0.25) is 0 Å². The molecule has 3 unspecified atom stereocenters. The Morgan fingerprint density at radius 2 is 1.02 bits per heavy atom. The normalized spacial score (nSPS) is 18.9. The van der Waals surface area contributed by atoms with E-state index in [1.165, 1.54) is 29.8 Å². The first kappa shape index (κ1) is 97.7. The predicted molar refractivity (Wildman–Crippen MR) is 432 cm³/mol. The highest BCUT2D eigenvalue weighted by atomic mass is 32.3. The topological polar surface area (TPSA) is 303 Å². The standard InChI is InChI=1S/C23H27NO4.C21H26F3NO5S.C20H27NO3.C11H16BNO3.C8H5F6NO4S2/c25-21(26)17-23(16-19-8-3-1-4-9-19)12-7-14-24(15-13-23)22(27)28-18-20-10-5-2-6-11-20;1-19(2,3)29-18(26)25-11-6-9-20(10-12-25)13-15-7-4-5-8-16(15)17(14-20)30-31(27,28)21(22,23)24;1-19(2,3)24-18(23)21-11-6-9-20(10-12-21)13-15-7-4-5-8-16(15)17(22)14-20;1-3-13(4-2)11(14)9-5-7-10(8-6-9)12(15)16;9-7(10,11)18-19-20-15(6-4-2-1-3-5-6)21(16,17)8(12,13)14/h1-6,8-11H,7,12-18H2,(H,25,26);4-5,7-8,14H,6,9-13H2,1-3H3;4-5,7-8H,6,9-14H2,1-3H3;5-8,15-16H,3-4H2,1-2H3;1-5H. The molecule has 3 heterocycles. The number of allylic oxidation sites excluding steroid dienone is 1. The molecule has 24 nitrogen and oxygen atoms in total. The van der Waals surface area contributed by atoms with Gasteiger partial charge >= 0.3 is 68.9 Å². The number of hydrogen-bond acceptors (Lipinski definition) is 19. The van der Waals surface area contributed by atoms with Crippen LogP contribution in [0.1, 0.15) is 175 Å². The quantitative estimate of drug-likeness (QED) is 0.00879. The minimum absolute atomic E-state index is 0.00218. The first-order chi connectivity index (χ1) is 56.1. The Kier molecular flexibility index (Phi) is 34.5. The summed E-state index contributed by atoms with van der Waals surface area (Å²) in [6.07, 6.45) is 4.71. The van der Waals surface area contributed by atoms with Crippen molar-refractivity contribution in [1.29, 1.82) is 0 Å². The van der Waals surface area contributed by atoms with Crippen LogP contribution in [0.5, 0.6) is 0 Å². The van der Waals surface area contributed by atoms with Gasteiger partial charge in [-0.25, -0.2) is 14.4 Å². The first-order valence-electron chi connectivity index (χ1n) is 38.7. The summed E-state index contributed by atoms with van der Waals surface area (Å²) < 4.78 is 181. The number of likely N-dealkylation sites (tertiary alicyclic amines) is 3. The van der Waals surface area contributed by atoms with E-state index < -0.39 is 94.9 Å². The van der Waals surface area contributed by atoms with Gasteiger partial charge in [0, 0.05) is 75.5 Å². The fourth-order valence-electron chi connectivity index (χ4n) is 14.4. The summed E-state index contributed by atoms with van der Waals surface area (Å²) in [5.41, 5.74) is -7.77. The molecule has 6 aromatic carbocycles. The fraction of sp³-hybridized carbons (Fsp3) is 0.470. The van der Waals surface area contributed by atoms with Gasteiger partial charge in [0.05, 0.1) is 12.1 Å². The van der Waals surface area contributed by atoms with Gasteiger partial charge in [0.25, 0.3) is 5.91 Å². The van der Waals surface area contributed by atoms with Gasteiger partial charge in [0.15, 0.2) is 18.0 Å². The maximum absolute atomic E-state index is 12.9. The third-order valence-electron chi connectivity index (χ3n) is 20.2. The summed E-state index contributed by atoms with van der Waals surface area (Å²) in [6.45, 7) is 19.7. The monoisotopic (exact) mass is 1750 g/mol. The van der Waals surface area contributed by atoms with Crippen molar-refractivity contribution in [2.45, 2.75) is 180 Å². The number of amides is 4. The number of para-hydroxylation sites is 1. The molecule has 3 fully saturated rings. The Labute approximate surface area is 697 Å². The number of nitrogens with zero attached hydrogens (tertiary/aromatic N) is 5. The Morgan fingerprint density at radius 3 is 1.54 bits per heavy atom. The molecular weight excluding hydrogens is 1650 g/mol. The van der Waals surface area contributed by atoms with Crippen LogP contribution in [0.15, 0.2) is 170 Å². The number of hydrogen-bond donors (Lipinski definition) is 3. The number of fused-ring (bicyclic) bond motifs is 2. The van der Waals surface area contributed by atoms with E-state index in [1.807, 2.05) is 118 Å². The van der Waals surface area contributed by atoms with E-state index >= 15 is 0 Å². The lowest BCUT2D eigenvalue weighted by molar-refractivity contribution is -0.440. The van der Waals surface area contributed by atoms with Crippen molar-refractivity contribution in [3.63, 3.8) is 0 Å². The lowest BCUT2D eigenvalue weighted by Crippen LogP contribution is -2.38. The van der Waals surface area contributed by atoms with E-state index in [0.717, 1.165) is 67.3 Å². The van der Waals surface area contributed by atoms with Crippen LogP contribution in [-0.2, 0) is 78.4 Å². The second kappa shape index (κ2) is 42.4. The van der Waals surface area contributed by atoms with Gasteiger partial charge in [-0.2, -0.15) is 46.9 Å². The Morgan fingerprint density at radius 1 is 0.542 bits per heavy atom. The number of anilines is 1. The Bertz CT molecular complexity index is 4660.